The average molecular weight is 562 g/mol. The Labute approximate surface area is 242 Å². The van der Waals surface area contributed by atoms with Crippen LogP contribution in [0.3, 0.4) is 0 Å². The third kappa shape index (κ3) is 6.07. The van der Waals surface area contributed by atoms with Crippen molar-refractivity contribution in [2.45, 2.75) is 95.6 Å². The summed E-state index contributed by atoms with van der Waals surface area (Å²) in [6.07, 6.45) is 16.2. The molecule has 2 aromatic rings. The predicted octanol–water partition coefficient (Wildman–Crippen LogP) is 6.70. The zero-order valence-electron chi connectivity index (χ0n) is 23.3. The molecule has 0 atom stereocenters. The molecule has 0 bridgehead atoms. The van der Waals surface area contributed by atoms with Crippen molar-refractivity contribution in [1.29, 1.82) is 5.26 Å². The Morgan fingerprint density at radius 1 is 0.950 bits per heavy atom. The molecule has 4 aliphatic rings. The van der Waals surface area contributed by atoms with Gasteiger partial charge >= 0.3 is 0 Å². The smallest absolute Gasteiger partial charge is 0.272 e. The molecule has 7 nitrogen and oxygen atoms in total. The maximum atomic E-state index is 12.9. The number of carbonyl (C=O) groups excluding carboxylic acids is 1. The lowest BCUT2D eigenvalue weighted by Crippen LogP contribution is -2.58. The number of aromatic nitrogens is 2. The fraction of sp³-hybridized carbons (Fsp3) is 0.625. The Morgan fingerprint density at radius 3 is 2.33 bits per heavy atom. The van der Waals surface area contributed by atoms with Gasteiger partial charge in [0.15, 0.2) is 11.5 Å². The van der Waals surface area contributed by atoms with Crippen LogP contribution in [0.2, 0.25) is 5.02 Å². The van der Waals surface area contributed by atoms with Gasteiger partial charge in [-0.15, -0.1) is 10.2 Å². The fourth-order valence-electron chi connectivity index (χ4n) is 7.62. The minimum absolute atomic E-state index is 0.0679. The number of halogens is 1. The number of benzene rings is 1. The molecule has 4 fully saturated rings. The van der Waals surface area contributed by atoms with E-state index in [-0.39, 0.29) is 18.1 Å². The van der Waals surface area contributed by atoms with E-state index in [1.165, 1.54) is 57.8 Å². The fourth-order valence-corrected chi connectivity index (χ4v) is 7.84. The number of anilines is 1. The van der Waals surface area contributed by atoms with Gasteiger partial charge in [0.25, 0.3) is 5.91 Å². The van der Waals surface area contributed by atoms with Crippen molar-refractivity contribution in [1.82, 2.24) is 15.5 Å². The summed E-state index contributed by atoms with van der Waals surface area (Å²) < 4.78 is 6.07. The molecule has 8 heteroatoms. The van der Waals surface area contributed by atoms with E-state index in [0.717, 1.165) is 56.4 Å². The lowest BCUT2D eigenvalue weighted by molar-refractivity contribution is 0.0757. The highest BCUT2D eigenvalue weighted by Gasteiger charge is 2.46. The monoisotopic (exact) mass is 561 g/mol. The molecule has 0 unspecified atom stereocenters. The van der Waals surface area contributed by atoms with Crippen molar-refractivity contribution >= 4 is 23.3 Å². The van der Waals surface area contributed by atoms with E-state index < -0.39 is 0 Å². The van der Waals surface area contributed by atoms with Gasteiger partial charge in [-0.05, 0) is 87.5 Å². The van der Waals surface area contributed by atoms with Crippen LogP contribution in [0.15, 0.2) is 30.3 Å². The molecule has 212 valence electrons. The summed E-state index contributed by atoms with van der Waals surface area (Å²) in [5.74, 6) is 3.35. The van der Waals surface area contributed by atoms with E-state index in [9.17, 15) is 4.79 Å². The molecule has 6 rings (SSSR count). The highest BCUT2D eigenvalue weighted by atomic mass is 35.5. The summed E-state index contributed by atoms with van der Waals surface area (Å²) in [5, 5.41) is 21.3. The Balaban J connectivity index is 0.929. The first kappa shape index (κ1) is 27.3. The summed E-state index contributed by atoms with van der Waals surface area (Å²) in [6, 6.07) is 11.1. The minimum Gasteiger partial charge on any atom is -0.490 e. The summed E-state index contributed by atoms with van der Waals surface area (Å²) >= 11 is 6.12. The molecular weight excluding hydrogens is 522 g/mol. The van der Waals surface area contributed by atoms with Crippen LogP contribution in [0, 0.1) is 28.6 Å². The van der Waals surface area contributed by atoms with Crippen molar-refractivity contribution in [3.8, 4) is 11.8 Å². The van der Waals surface area contributed by atoms with Crippen molar-refractivity contribution in [2.75, 3.05) is 18.0 Å². The quantitative estimate of drug-likeness (QED) is 0.422. The van der Waals surface area contributed by atoms with Crippen molar-refractivity contribution in [3.05, 3.63) is 46.6 Å². The summed E-state index contributed by atoms with van der Waals surface area (Å²) in [7, 11) is 0. The Hall–Kier alpha value is -2.85. The SMILES string of the molecule is N#Cc1ccc(OC2CCC(NC(=O)c3ccc(N4CC5(CCC(C6CCCCC6)CC5)C4)nn3)CC2)cc1Cl. The molecule has 1 saturated heterocycles. The van der Waals surface area contributed by atoms with Gasteiger partial charge in [0.1, 0.15) is 11.8 Å². The van der Waals surface area contributed by atoms with Gasteiger partial charge in [-0.25, -0.2) is 0 Å². The zero-order chi connectivity index (χ0) is 27.5. The molecule has 3 aliphatic carbocycles. The second-order valence-electron chi connectivity index (χ2n) is 12.7. The number of nitrogens with zero attached hydrogens (tertiary/aromatic N) is 4. The number of hydrogen-bond acceptors (Lipinski definition) is 6. The standard InChI is InChI=1S/C32H40ClN5O2/c33-28-18-27(9-6-24(28)19-34)40-26-10-7-25(8-11-26)35-31(39)29-12-13-30(37-36-29)38-20-32(21-38)16-14-23(15-17-32)22-4-2-1-3-5-22/h6,9,12-13,18,22-23,25-26H,1-5,7-8,10-11,14-17,20-21H2,(H,35,39). The summed E-state index contributed by atoms with van der Waals surface area (Å²) in [6.45, 7) is 2.15. The number of amides is 1. The highest BCUT2D eigenvalue weighted by molar-refractivity contribution is 6.31. The van der Waals surface area contributed by atoms with Crippen LogP contribution < -0.4 is 15.0 Å². The van der Waals surface area contributed by atoms with Crippen molar-refractivity contribution in [3.63, 3.8) is 0 Å². The molecule has 3 saturated carbocycles. The number of rotatable bonds is 6. The molecule has 0 radical (unpaired) electrons. The van der Waals surface area contributed by atoms with Crippen LogP contribution >= 0.6 is 11.6 Å². The Bertz CT molecular complexity index is 1210. The van der Waals surface area contributed by atoms with Crippen LogP contribution in [0.25, 0.3) is 0 Å². The van der Waals surface area contributed by atoms with Gasteiger partial charge in [0.05, 0.1) is 16.7 Å². The first-order chi connectivity index (χ1) is 19.5. The maximum Gasteiger partial charge on any atom is 0.272 e. The molecular formula is C32H40ClN5O2. The van der Waals surface area contributed by atoms with E-state index >= 15 is 0 Å². The maximum absolute atomic E-state index is 12.9. The van der Waals surface area contributed by atoms with Gasteiger partial charge in [0, 0.05) is 30.6 Å². The average Bonchev–Trinajstić information content (AvgIpc) is 2.98. The largest absolute Gasteiger partial charge is 0.490 e. The number of nitrogens with one attached hydrogen (secondary N) is 1. The number of carbonyl (C=O) groups is 1. The van der Waals surface area contributed by atoms with Gasteiger partial charge < -0.3 is 15.0 Å². The van der Waals surface area contributed by atoms with Crippen LogP contribution in [-0.4, -0.2) is 41.3 Å². The molecule has 1 aromatic carbocycles. The molecule has 1 aliphatic heterocycles. The molecule has 1 spiro atoms. The number of hydrogen-bond donors (Lipinski definition) is 1. The van der Waals surface area contributed by atoms with E-state index in [2.05, 4.69) is 26.5 Å². The topological polar surface area (TPSA) is 91.1 Å². The molecule has 2 heterocycles. The van der Waals surface area contributed by atoms with Crippen LogP contribution in [0.4, 0.5) is 5.82 Å². The Morgan fingerprint density at radius 2 is 1.68 bits per heavy atom. The molecule has 1 aromatic heterocycles. The Kier molecular flexibility index (Phi) is 8.16. The van der Waals surface area contributed by atoms with Crippen LogP contribution in [0.5, 0.6) is 5.75 Å². The predicted molar refractivity (Wildman–Crippen MR) is 156 cm³/mol. The zero-order valence-corrected chi connectivity index (χ0v) is 24.0. The normalized spacial score (nSPS) is 25.1. The summed E-state index contributed by atoms with van der Waals surface area (Å²) in [5.41, 5.74) is 1.28. The van der Waals surface area contributed by atoms with Gasteiger partial charge in [0.2, 0.25) is 0 Å². The van der Waals surface area contributed by atoms with Crippen molar-refractivity contribution < 1.29 is 9.53 Å². The van der Waals surface area contributed by atoms with Crippen LogP contribution in [0.1, 0.15) is 99.5 Å². The molecule has 1 N–H and O–H groups in total. The highest BCUT2D eigenvalue weighted by Crippen LogP contribution is 2.49. The lowest BCUT2D eigenvalue weighted by atomic mass is 9.62. The van der Waals surface area contributed by atoms with Crippen molar-refractivity contribution in [2.24, 2.45) is 17.3 Å². The van der Waals surface area contributed by atoms with Gasteiger partial charge in [-0.1, -0.05) is 43.7 Å². The van der Waals surface area contributed by atoms with E-state index in [1.54, 1.807) is 18.2 Å². The second-order valence-corrected chi connectivity index (χ2v) is 13.1. The van der Waals surface area contributed by atoms with E-state index in [0.29, 0.717) is 27.4 Å². The number of ether oxygens (including phenoxy) is 1. The third-order valence-electron chi connectivity index (χ3n) is 10.0. The molecule has 1 amide bonds. The first-order valence-electron chi connectivity index (χ1n) is 15.3. The summed E-state index contributed by atoms with van der Waals surface area (Å²) in [4.78, 5) is 15.2. The van der Waals surface area contributed by atoms with Crippen LogP contribution in [-0.2, 0) is 0 Å². The molecule has 40 heavy (non-hydrogen) atoms. The van der Waals surface area contributed by atoms with E-state index in [1.807, 2.05) is 12.1 Å². The third-order valence-corrected chi connectivity index (χ3v) is 10.4. The minimum atomic E-state index is -0.164. The van der Waals surface area contributed by atoms with Gasteiger partial charge in [-0.3, -0.25) is 4.79 Å². The number of nitriles is 1. The van der Waals surface area contributed by atoms with E-state index in [4.69, 9.17) is 21.6 Å². The lowest BCUT2D eigenvalue weighted by Gasteiger charge is -2.54. The van der Waals surface area contributed by atoms with Gasteiger partial charge in [-0.2, -0.15) is 5.26 Å². The second kappa shape index (κ2) is 11.9. The first-order valence-corrected chi connectivity index (χ1v) is 15.6.